The zero-order chi connectivity index (χ0) is 19.9. The first-order valence-electron chi connectivity index (χ1n) is 9.62. The van der Waals surface area contributed by atoms with Crippen molar-refractivity contribution in [3.8, 4) is 0 Å². The number of aliphatic imine (C=N–C) groups is 1. The number of nitrogens with one attached hydrogen (secondary N) is 2. The quantitative estimate of drug-likeness (QED) is 0.304. The van der Waals surface area contributed by atoms with Crippen LogP contribution in [-0.4, -0.2) is 49.1 Å². The van der Waals surface area contributed by atoms with Crippen LogP contribution in [0.5, 0.6) is 0 Å². The van der Waals surface area contributed by atoms with E-state index in [1.54, 1.807) is 30.5 Å². The number of aryl methyl sites for hydroxylation is 1. The number of nitrogens with zero attached hydrogens (tertiary/aromatic N) is 3. The van der Waals surface area contributed by atoms with E-state index in [0.29, 0.717) is 23.1 Å². The Labute approximate surface area is 198 Å². The van der Waals surface area contributed by atoms with E-state index in [0.717, 1.165) is 49.6 Å². The van der Waals surface area contributed by atoms with Crippen molar-refractivity contribution in [2.45, 2.75) is 32.2 Å². The van der Waals surface area contributed by atoms with Crippen molar-refractivity contribution < 1.29 is 4.39 Å². The molecule has 0 spiro atoms. The second-order valence-corrected chi connectivity index (χ2v) is 8.35. The first-order valence-corrected chi connectivity index (χ1v) is 10.9. The largest absolute Gasteiger partial charge is 0.356 e. The second kappa shape index (κ2) is 12.0. The van der Waals surface area contributed by atoms with Gasteiger partial charge in [-0.2, -0.15) is 0 Å². The number of hydrogen-bond acceptors (Lipinski definition) is 4. The van der Waals surface area contributed by atoms with Gasteiger partial charge in [0.15, 0.2) is 5.96 Å². The fourth-order valence-electron chi connectivity index (χ4n) is 3.54. The molecule has 1 fully saturated rings. The minimum Gasteiger partial charge on any atom is -0.356 e. The summed E-state index contributed by atoms with van der Waals surface area (Å²) in [6, 6.07) is 4.76. The van der Waals surface area contributed by atoms with Crippen LogP contribution in [0, 0.1) is 12.7 Å². The molecule has 5 nitrogen and oxygen atoms in total. The molecule has 0 radical (unpaired) electrons. The van der Waals surface area contributed by atoms with E-state index in [9.17, 15) is 4.39 Å². The summed E-state index contributed by atoms with van der Waals surface area (Å²) in [6.07, 6.45) is 3.09. The summed E-state index contributed by atoms with van der Waals surface area (Å²) >= 11 is 8.02. The lowest BCUT2D eigenvalue weighted by molar-refractivity contribution is 0.240. The van der Waals surface area contributed by atoms with Gasteiger partial charge in [-0.3, -0.25) is 9.89 Å². The zero-order valence-electron chi connectivity index (χ0n) is 16.8. The van der Waals surface area contributed by atoms with E-state index in [4.69, 9.17) is 11.6 Å². The molecule has 9 heteroatoms. The second-order valence-electron chi connectivity index (χ2n) is 6.88. The summed E-state index contributed by atoms with van der Waals surface area (Å²) < 4.78 is 14.6. The SMILES string of the molecule is CN=C(NCCc1csc(C)n1)NCC(c1c(F)cccc1Cl)N1CCCC1.I. The van der Waals surface area contributed by atoms with E-state index in [2.05, 4.69) is 30.9 Å². The number of halogens is 3. The van der Waals surface area contributed by atoms with Crippen molar-refractivity contribution in [3.05, 3.63) is 50.7 Å². The number of likely N-dealkylation sites (tertiary alicyclic amines) is 1. The summed E-state index contributed by atoms with van der Waals surface area (Å²) in [5.41, 5.74) is 1.64. The van der Waals surface area contributed by atoms with Crippen molar-refractivity contribution in [2.75, 3.05) is 33.2 Å². The van der Waals surface area contributed by atoms with Crippen LogP contribution in [0.25, 0.3) is 0 Å². The minimum absolute atomic E-state index is 0. The van der Waals surface area contributed by atoms with Crippen molar-refractivity contribution in [1.82, 2.24) is 20.5 Å². The van der Waals surface area contributed by atoms with Gasteiger partial charge in [0.1, 0.15) is 5.82 Å². The summed E-state index contributed by atoms with van der Waals surface area (Å²) in [6.45, 7) is 5.18. The van der Waals surface area contributed by atoms with Crippen molar-refractivity contribution in [2.24, 2.45) is 4.99 Å². The molecule has 0 aliphatic carbocycles. The molecule has 0 bridgehead atoms. The Kier molecular flexibility index (Phi) is 10.1. The molecular weight excluding hydrogens is 524 g/mol. The predicted octanol–water partition coefficient (Wildman–Crippen LogP) is 4.41. The topological polar surface area (TPSA) is 52.6 Å². The Morgan fingerprint density at radius 1 is 1.34 bits per heavy atom. The molecule has 29 heavy (non-hydrogen) atoms. The Morgan fingerprint density at radius 2 is 2.10 bits per heavy atom. The van der Waals surface area contributed by atoms with Gasteiger partial charge in [0, 0.05) is 42.5 Å². The first-order chi connectivity index (χ1) is 13.6. The van der Waals surface area contributed by atoms with Gasteiger partial charge in [0.25, 0.3) is 0 Å². The lowest BCUT2D eigenvalue weighted by Gasteiger charge is -2.29. The molecule has 1 aromatic heterocycles. The monoisotopic (exact) mass is 551 g/mol. The highest BCUT2D eigenvalue weighted by molar-refractivity contribution is 14.0. The van der Waals surface area contributed by atoms with Crippen LogP contribution >= 0.6 is 46.9 Å². The van der Waals surface area contributed by atoms with Gasteiger partial charge in [-0.15, -0.1) is 35.3 Å². The molecule has 2 N–H and O–H groups in total. The van der Waals surface area contributed by atoms with Gasteiger partial charge in [0.05, 0.1) is 16.7 Å². The van der Waals surface area contributed by atoms with Gasteiger partial charge in [0.2, 0.25) is 0 Å². The third-order valence-electron chi connectivity index (χ3n) is 4.94. The summed E-state index contributed by atoms with van der Waals surface area (Å²) in [5, 5.41) is 10.3. The van der Waals surface area contributed by atoms with E-state index < -0.39 is 0 Å². The Morgan fingerprint density at radius 3 is 2.72 bits per heavy atom. The van der Waals surface area contributed by atoms with E-state index in [-0.39, 0.29) is 35.8 Å². The van der Waals surface area contributed by atoms with Crippen LogP contribution in [0.2, 0.25) is 5.02 Å². The van der Waals surface area contributed by atoms with Crippen LogP contribution in [0.1, 0.15) is 35.1 Å². The molecule has 3 rings (SSSR count). The number of benzene rings is 1. The molecule has 1 saturated heterocycles. The lowest BCUT2D eigenvalue weighted by Crippen LogP contribution is -2.43. The van der Waals surface area contributed by atoms with Crippen LogP contribution < -0.4 is 10.6 Å². The average Bonchev–Trinajstić information content (AvgIpc) is 3.34. The molecule has 1 atom stereocenters. The smallest absolute Gasteiger partial charge is 0.191 e. The van der Waals surface area contributed by atoms with Gasteiger partial charge in [-0.25, -0.2) is 9.37 Å². The molecule has 1 aliphatic rings. The number of hydrogen-bond donors (Lipinski definition) is 2. The molecular formula is C20H28ClFIN5S. The molecule has 1 aromatic carbocycles. The normalized spacial score (nSPS) is 15.8. The Hall–Kier alpha value is -0.970. The van der Waals surface area contributed by atoms with Crippen molar-refractivity contribution in [1.29, 1.82) is 0 Å². The highest BCUT2D eigenvalue weighted by Gasteiger charge is 2.27. The van der Waals surface area contributed by atoms with Gasteiger partial charge in [-0.1, -0.05) is 17.7 Å². The maximum Gasteiger partial charge on any atom is 0.191 e. The number of thiazole rings is 1. The molecule has 2 aromatic rings. The molecule has 2 heterocycles. The summed E-state index contributed by atoms with van der Waals surface area (Å²) in [4.78, 5) is 11.1. The van der Waals surface area contributed by atoms with Crippen LogP contribution in [0.3, 0.4) is 0 Å². The highest BCUT2D eigenvalue weighted by atomic mass is 127. The van der Waals surface area contributed by atoms with Gasteiger partial charge < -0.3 is 10.6 Å². The summed E-state index contributed by atoms with van der Waals surface area (Å²) in [7, 11) is 1.74. The van der Waals surface area contributed by atoms with Gasteiger partial charge in [-0.05, 0) is 45.0 Å². The predicted molar refractivity (Wildman–Crippen MR) is 130 cm³/mol. The van der Waals surface area contributed by atoms with Crippen molar-refractivity contribution >= 4 is 52.9 Å². The third kappa shape index (κ3) is 6.77. The molecule has 1 aliphatic heterocycles. The van der Waals surface area contributed by atoms with E-state index in [1.807, 2.05) is 6.92 Å². The minimum atomic E-state index is -0.256. The Balaban J connectivity index is 0.00000300. The fraction of sp³-hybridized carbons (Fsp3) is 0.500. The average molecular weight is 552 g/mol. The summed E-state index contributed by atoms with van der Waals surface area (Å²) in [5.74, 6) is 0.441. The molecule has 0 amide bonds. The standard InChI is InChI=1S/C20H27ClFN5S.HI/c1-14-26-15(13-28-14)8-9-24-20(23-2)25-12-18(27-10-3-4-11-27)19-16(21)6-5-7-17(19)22;/h5-7,13,18H,3-4,8-12H2,1-2H3,(H2,23,24,25);1H. The first kappa shape index (κ1) is 24.3. The van der Waals surface area contributed by atoms with Crippen LogP contribution in [0.4, 0.5) is 4.39 Å². The number of guanidine groups is 1. The van der Waals surface area contributed by atoms with Crippen LogP contribution in [0.15, 0.2) is 28.6 Å². The zero-order valence-corrected chi connectivity index (χ0v) is 20.7. The molecule has 1 unspecified atom stereocenters. The van der Waals surface area contributed by atoms with E-state index >= 15 is 0 Å². The van der Waals surface area contributed by atoms with Crippen LogP contribution in [-0.2, 0) is 6.42 Å². The van der Waals surface area contributed by atoms with E-state index in [1.165, 1.54) is 6.07 Å². The highest BCUT2D eigenvalue weighted by Crippen LogP contribution is 2.31. The Bertz CT molecular complexity index is 790. The fourth-order valence-corrected chi connectivity index (χ4v) is 4.48. The molecule has 160 valence electrons. The number of aromatic nitrogens is 1. The van der Waals surface area contributed by atoms with Crippen molar-refractivity contribution in [3.63, 3.8) is 0 Å². The molecule has 0 saturated carbocycles. The maximum atomic E-state index is 14.6. The third-order valence-corrected chi connectivity index (χ3v) is 6.09. The van der Waals surface area contributed by atoms with Gasteiger partial charge >= 0.3 is 0 Å². The lowest BCUT2D eigenvalue weighted by atomic mass is 10.0. The maximum absolute atomic E-state index is 14.6. The number of rotatable bonds is 7.